The Hall–Kier alpha value is -1.14. The summed E-state index contributed by atoms with van der Waals surface area (Å²) in [6.07, 6.45) is 7.43. The first kappa shape index (κ1) is 17.9. The molecule has 0 spiro atoms. The maximum atomic E-state index is 12.0. The van der Waals surface area contributed by atoms with Crippen LogP contribution in [-0.2, 0) is 19.6 Å². The van der Waals surface area contributed by atoms with Gasteiger partial charge in [0.05, 0.1) is 0 Å². The Morgan fingerprint density at radius 1 is 1.29 bits per heavy atom. The van der Waals surface area contributed by atoms with Crippen molar-refractivity contribution < 1.29 is 22.5 Å². The fourth-order valence-electron chi connectivity index (χ4n) is 2.32. The van der Waals surface area contributed by atoms with Crippen molar-refractivity contribution in [2.75, 3.05) is 0 Å². The van der Waals surface area contributed by atoms with Gasteiger partial charge in [0.25, 0.3) is 10.1 Å². The summed E-state index contributed by atoms with van der Waals surface area (Å²) in [6.45, 7) is 7.08. The van der Waals surface area contributed by atoms with Gasteiger partial charge in [-0.25, -0.2) is 0 Å². The monoisotopic (exact) mass is 316 g/mol. The van der Waals surface area contributed by atoms with Gasteiger partial charge in [-0.05, 0) is 19.4 Å². The molecule has 1 unspecified atom stereocenters. The lowest BCUT2D eigenvalue weighted by Crippen LogP contribution is -2.49. The molecule has 21 heavy (non-hydrogen) atoms. The van der Waals surface area contributed by atoms with Crippen LogP contribution in [0.1, 0.15) is 53.4 Å². The molecular formula is C15H24O5S. The molecule has 0 fully saturated rings. The van der Waals surface area contributed by atoms with Gasteiger partial charge < -0.3 is 4.74 Å². The fourth-order valence-corrected chi connectivity index (χ4v) is 3.37. The molecule has 0 amide bonds. The van der Waals surface area contributed by atoms with Crippen LogP contribution in [0.2, 0.25) is 0 Å². The van der Waals surface area contributed by atoms with E-state index in [1.807, 2.05) is 6.92 Å². The van der Waals surface area contributed by atoms with Gasteiger partial charge in [-0.1, -0.05) is 45.8 Å². The number of rotatable bonds is 6. The summed E-state index contributed by atoms with van der Waals surface area (Å²) in [5.41, 5.74) is -2.16. The van der Waals surface area contributed by atoms with Crippen molar-refractivity contribution in [3.63, 3.8) is 0 Å². The molecule has 0 aromatic carbocycles. The first-order valence-corrected chi connectivity index (χ1v) is 8.58. The summed E-state index contributed by atoms with van der Waals surface area (Å²) in [5.74, 6) is -0.455. The third-order valence-corrected chi connectivity index (χ3v) is 5.12. The van der Waals surface area contributed by atoms with Gasteiger partial charge >= 0.3 is 5.97 Å². The zero-order chi connectivity index (χ0) is 16.3. The van der Waals surface area contributed by atoms with E-state index in [0.717, 1.165) is 12.8 Å². The van der Waals surface area contributed by atoms with Crippen LogP contribution in [0.15, 0.2) is 23.1 Å². The number of ether oxygens (including phenoxy) is 1. The van der Waals surface area contributed by atoms with E-state index in [0.29, 0.717) is 6.42 Å². The van der Waals surface area contributed by atoms with Crippen LogP contribution in [0.25, 0.3) is 0 Å². The van der Waals surface area contributed by atoms with Crippen molar-refractivity contribution in [3.8, 4) is 0 Å². The minimum atomic E-state index is -4.44. The van der Waals surface area contributed by atoms with Crippen LogP contribution >= 0.6 is 0 Å². The van der Waals surface area contributed by atoms with E-state index in [1.165, 1.54) is 13.0 Å². The number of esters is 1. The molecule has 5 nitrogen and oxygen atoms in total. The minimum absolute atomic E-state index is 0.238. The SMILES string of the molecule is CCCCCC(=O)OC1(C)C(S(=O)(=O)O)=CC=CC1(C)C. The highest BCUT2D eigenvalue weighted by atomic mass is 32.2. The largest absolute Gasteiger partial charge is 0.453 e. The number of hydrogen-bond acceptors (Lipinski definition) is 4. The average molecular weight is 316 g/mol. The second-order valence-electron chi connectivity index (χ2n) is 6.05. The number of carbonyl (C=O) groups excluding carboxylic acids is 1. The smallest absolute Gasteiger partial charge is 0.306 e. The van der Waals surface area contributed by atoms with Crippen molar-refractivity contribution in [3.05, 3.63) is 23.1 Å². The van der Waals surface area contributed by atoms with Crippen LogP contribution in [0.5, 0.6) is 0 Å². The van der Waals surface area contributed by atoms with Crippen molar-refractivity contribution in [2.45, 2.75) is 59.0 Å². The lowest BCUT2D eigenvalue weighted by molar-refractivity contribution is -0.161. The van der Waals surface area contributed by atoms with E-state index >= 15 is 0 Å². The Morgan fingerprint density at radius 2 is 1.90 bits per heavy atom. The number of unbranched alkanes of at least 4 members (excludes halogenated alkanes) is 2. The lowest BCUT2D eigenvalue weighted by atomic mass is 9.73. The van der Waals surface area contributed by atoms with Crippen LogP contribution in [-0.4, -0.2) is 24.5 Å². The van der Waals surface area contributed by atoms with Crippen LogP contribution in [0.3, 0.4) is 0 Å². The van der Waals surface area contributed by atoms with Crippen molar-refractivity contribution in [2.24, 2.45) is 5.41 Å². The van der Waals surface area contributed by atoms with Crippen LogP contribution in [0.4, 0.5) is 0 Å². The van der Waals surface area contributed by atoms with E-state index in [9.17, 15) is 17.8 Å². The Morgan fingerprint density at radius 3 is 2.43 bits per heavy atom. The predicted molar refractivity (Wildman–Crippen MR) is 81.2 cm³/mol. The molecule has 0 saturated carbocycles. The highest BCUT2D eigenvalue weighted by molar-refractivity contribution is 7.89. The zero-order valence-corrected chi connectivity index (χ0v) is 13.9. The van der Waals surface area contributed by atoms with E-state index in [-0.39, 0.29) is 11.3 Å². The molecular weight excluding hydrogens is 292 g/mol. The summed E-state index contributed by atoms with van der Waals surface area (Å²) in [6, 6.07) is 0. The molecule has 1 N–H and O–H groups in total. The molecule has 0 aromatic heterocycles. The van der Waals surface area contributed by atoms with E-state index in [2.05, 4.69) is 0 Å². The van der Waals surface area contributed by atoms with Gasteiger partial charge in [-0.15, -0.1) is 0 Å². The van der Waals surface area contributed by atoms with Crippen LogP contribution < -0.4 is 0 Å². The Bertz CT molecular complexity index is 557. The molecule has 1 rings (SSSR count). The second-order valence-corrected chi connectivity index (χ2v) is 7.44. The standard InChI is InChI=1S/C15H24O5S/c1-5-6-7-10-13(16)20-15(4)12(21(17,18)19)9-8-11-14(15,2)3/h8-9,11H,5-7,10H2,1-4H3,(H,17,18,19). The molecule has 6 heteroatoms. The number of allylic oxidation sites excluding steroid dienone is 2. The molecule has 1 aliphatic rings. The molecule has 0 saturated heterocycles. The summed E-state index contributed by atoms with van der Waals surface area (Å²) in [7, 11) is -4.44. The highest BCUT2D eigenvalue weighted by Crippen LogP contribution is 2.45. The van der Waals surface area contributed by atoms with E-state index < -0.39 is 27.1 Å². The molecule has 0 heterocycles. The normalized spacial score (nSPS) is 24.5. The Kier molecular flexibility index (Phi) is 5.39. The van der Waals surface area contributed by atoms with Gasteiger partial charge in [-0.3, -0.25) is 9.35 Å². The minimum Gasteiger partial charge on any atom is -0.453 e. The van der Waals surface area contributed by atoms with Gasteiger partial charge in [0.2, 0.25) is 0 Å². The van der Waals surface area contributed by atoms with Gasteiger partial charge in [0.1, 0.15) is 4.91 Å². The molecule has 0 bridgehead atoms. The Balaban J connectivity index is 3.05. The maximum Gasteiger partial charge on any atom is 0.306 e. The van der Waals surface area contributed by atoms with E-state index in [1.54, 1.807) is 26.0 Å². The summed E-state index contributed by atoms with van der Waals surface area (Å²) in [4.78, 5) is 11.7. The van der Waals surface area contributed by atoms with Crippen molar-refractivity contribution in [1.82, 2.24) is 0 Å². The molecule has 0 aromatic rings. The third kappa shape index (κ3) is 3.95. The first-order chi connectivity index (χ1) is 9.54. The van der Waals surface area contributed by atoms with E-state index in [4.69, 9.17) is 4.74 Å². The summed E-state index contributed by atoms with van der Waals surface area (Å²) in [5, 5.41) is 0. The molecule has 0 aliphatic heterocycles. The molecule has 1 aliphatic carbocycles. The average Bonchev–Trinajstić information content (AvgIpc) is 2.31. The third-order valence-electron chi connectivity index (χ3n) is 4.04. The predicted octanol–water partition coefficient (Wildman–Crippen LogP) is 3.24. The van der Waals surface area contributed by atoms with Crippen LogP contribution in [0, 0.1) is 5.41 Å². The van der Waals surface area contributed by atoms with Gasteiger partial charge in [-0.2, -0.15) is 8.42 Å². The quantitative estimate of drug-likeness (QED) is 0.462. The van der Waals surface area contributed by atoms with Gasteiger partial charge in [0, 0.05) is 11.8 Å². The van der Waals surface area contributed by atoms with Crippen molar-refractivity contribution >= 4 is 16.1 Å². The topological polar surface area (TPSA) is 80.7 Å². The maximum absolute atomic E-state index is 12.0. The summed E-state index contributed by atoms with van der Waals surface area (Å²) < 4.78 is 38.1. The molecule has 1 atom stereocenters. The molecule has 120 valence electrons. The fraction of sp³-hybridized carbons (Fsp3) is 0.667. The zero-order valence-electron chi connectivity index (χ0n) is 13.0. The first-order valence-electron chi connectivity index (χ1n) is 7.14. The number of carbonyl (C=O) groups is 1. The summed E-state index contributed by atoms with van der Waals surface area (Å²) >= 11 is 0. The van der Waals surface area contributed by atoms with Gasteiger partial charge in [0.15, 0.2) is 5.60 Å². The van der Waals surface area contributed by atoms with Crippen molar-refractivity contribution in [1.29, 1.82) is 0 Å². The second kappa shape index (κ2) is 6.32. The number of hydrogen-bond donors (Lipinski definition) is 1. The molecule has 0 radical (unpaired) electrons. The highest BCUT2D eigenvalue weighted by Gasteiger charge is 2.51. The Labute approximate surface area is 126 Å². The lowest BCUT2D eigenvalue weighted by Gasteiger charge is -2.43.